The van der Waals surface area contributed by atoms with Crippen LogP contribution in [-0.2, 0) is 6.42 Å². The zero-order chi connectivity index (χ0) is 22.1. The predicted octanol–water partition coefficient (Wildman–Crippen LogP) is 3.51. The van der Waals surface area contributed by atoms with Crippen molar-refractivity contribution in [3.8, 4) is 28.6 Å². The van der Waals surface area contributed by atoms with Crippen molar-refractivity contribution in [3.63, 3.8) is 0 Å². The minimum Gasteiger partial charge on any atom is -0.508 e. The molecule has 158 valence electrons. The summed E-state index contributed by atoms with van der Waals surface area (Å²) in [6.45, 7) is 2.14. The summed E-state index contributed by atoms with van der Waals surface area (Å²) in [4.78, 5) is 12.4. The normalized spacial score (nSPS) is 11.5. The SMILES string of the molecule is CCc1cc(-c2nnc(C(=O)NCC(F)(F)F)n2-c2ccc(C)cc2)c(O)cc1O. The molecule has 0 spiro atoms. The number of aryl methyl sites for hydroxylation is 2. The molecule has 3 rings (SSSR count). The highest BCUT2D eigenvalue weighted by Gasteiger charge is 2.30. The minimum atomic E-state index is -4.58. The fourth-order valence-electron chi connectivity index (χ4n) is 2.89. The van der Waals surface area contributed by atoms with E-state index in [0.29, 0.717) is 17.7 Å². The Morgan fingerprint density at radius 1 is 1.10 bits per heavy atom. The van der Waals surface area contributed by atoms with E-state index in [1.807, 2.05) is 6.92 Å². The Morgan fingerprint density at radius 2 is 1.77 bits per heavy atom. The number of carbonyl (C=O) groups is 1. The van der Waals surface area contributed by atoms with Gasteiger partial charge in [0, 0.05) is 11.8 Å². The largest absolute Gasteiger partial charge is 0.508 e. The summed E-state index contributed by atoms with van der Waals surface area (Å²) in [5, 5.41) is 29.8. The predicted molar refractivity (Wildman–Crippen MR) is 103 cm³/mol. The molecule has 0 saturated carbocycles. The van der Waals surface area contributed by atoms with Gasteiger partial charge in [-0.1, -0.05) is 24.6 Å². The number of benzene rings is 2. The van der Waals surface area contributed by atoms with Crippen LogP contribution in [0.15, 0.2) is 36.4 Å². The van der Waals surface area contributed by atoms with Crippen LogP contribution in [0.4, 0.5) is 13.2 Å². The average Bonchev–Trinajstić information content (AvgIpc) is 3.11. The maximum atomic E-state index is 12.5. The van der Waals surface area contributed by atoms with E-state index in [0.717, 1.165) is 11.6 Å². The van der Waals surface area contributed by atoms with Crippen molar-refractivity contribution in [1.29, 1.82) is 0 Å². The molecule has 0 atom stereocenters. The standard InChI is InChI=1S/C20H19F3N4O3/c1-3-12-8-14(16(29)9-15(12)28)17-25-26-18(19(30)24-10-20(21,22)23)27(17)13-6-4-11(2)5-7-13/h4-9,28-29H,3,10H2,1-2H3,(H,24,30). The molecule has 0 fully saturated rings. The Morgan fingerprint density at radius 3 is 2.37 bits per heavy atom. The molecule has 3 aromatic rings. The number of halogens is 3. The van der Waals surface area contributed by atoms with Gasteiger partial charge < -0.3 is 15.5 Å². The Hall–Kier alpha value is -3.56. The summed E-state index contributed by atoms with van der Waals surface area (Å²) in [7, 11) is 0. The molecule has 0 bridgehead atoms. The van der Waals surface area contributed by atoms with Gasteiger partial charge in [-0.05, 0) is 37.1 Å². The number of nitrogens with one attached hydrogen (secondary N) is 1. The third-order valence-corrected chi connectivity index (χ3v) is 4.43. The molecule has 1 heterocycles. The van der Waals surface area contributed by atoms with Gasteiger partial charge in [-0.15, -0.1) is 10.2 Å². The summed E-state index contributed by atoms with van der Waals surface area (Å²) in [6.07, 6.45) is -4.13. The summed E-state index contributed by atoms with van der Waals surface area (Å²) in [5.41, 5.74) is 2.04. The van der Waals surface area contributed by atoms with Gasteiger partial charge in [-0.25, -0.2) is 0 Å². The quantitative estimate of drug-likeness (QED) is 0.587. The van der Waals surface area contributed by atoms with Crippen molar-refractivity contribution >= 4 is 5.91 Å². The number of hydrogen-bond acceptors (Lipinski definition) is 5. The number of nitrogens with zero attached hydrogens (tertiary/aromatic N) is 3. The van der Waals surface area contributed by atoms with E-state index in [1.54, 1.807) is 36.5 Å². The molecular weight excluding hydrogens is 401 g/mol. The number of hydrogen-bond donors (Lipinski definition) is 3. The molecule has 0 unspecified atom stereocenters. The molecule has 0 radical (unpaired) electrons. The van der Waals surface area contributed by atoms with Crippen LogP contribution in [0.25, 0.3) is 17.1 Å². The molecule has 0 aliphatic heterocycles. The van der Waals surface area contributed by atoms with E-state index in [4.69, 9.17) is 0 Å². The highest BCUT2D eigenvalue weighted by molar-refractivity contribution is 5.92. The Labute approximate surface area is 169 Å². The van der Waals surface area contributed by atoms with Crippen LogP contribution < -0.4 is 5.32 Å². The lowest BCUT2D eigenvalue weighted by Gasteiger charge is -2.13. The first-order valence-corrected chi connectivity index (χ1v) is 9.03. The number of phenols is 2. The summed E-state index contributed by atoms with van der Waals surface area (Å²) in [6, 6.07) is 9.46. The maximum absolute atomic E-state index is 12.5. The van der Waals surface area contributed by atoms with E-state index in [2.05, 4.69) is 10.2 Å². The zero-order valence-corrected chi connectivity index (χ0v) is 16.2. The smallest absolute Gasteiger partial charge is 0.405 e. The van der Waals surface area contributed by atoms with Gasteiger partial charge in [0.25, 0.3) is 5.91 Å². The van der Waals surface area contributed by atoms with E-state index < -0.39 is 18.6 Å². The van der Waals surface area contributed by atoms with Gasteiger partial charge in [0.1, 0.15) is 18.0 Å². The second-order valence-electron chi connectivity index (χ2n) is 6.67. The van der Waals surface area contributed by atoms with Crippen molar-refractivity contribution in [2.45, 2.75) is 26.4 Å². The summed E-state index contributed by atoms with van der Waals surface area (Å²) in [5.74, 6) is -1.82. The fraction of sp³-hybridized carbons (Fsp3) is 0.250. The van der Waals surface area contributed by atoms with Crippen molar-refractivity contribution < 1.29 is 28.2 Å². The molecular formula is C20H19F3N4O3. The minimum absolute atomic E-state index is 0.0446. The number of aromatic hydroxyl groups is 2. The molecule has 1 aromatic heterocycles. The van der Waals surface area contributed by atoms with Crippen LogP contribution in [0.5, 0.6) is 11.5 Å². The summed E-state index contributed by atoms with van der Waals surface area (Å²) >= 11 is 0. The van der Waals surface area contributed by atoms with Crippen LogP contribution in [0.3, 0.4) is 0 Å². The maximum Gasteiger partial charge on any atom is 0.405 e. The first-order valence-electron chi connectivity index (χ1n) is 9.03. The third-order valence-electron chi connectivity index (χ3n) is 4.43. The highest BCUT2D eigenvalue weighted by Crippen LogP contribution is 2.35. The van der Waals surface area contributed by atoms with Crippen molar-refractivity contribution in [1.82, 2.24) is 20.1 Å². The lowest BCUT2D eigenvalue weighted by Crippen LogP contribution is -2.35. The molecule has 0 saturated heterocycles. The Kier molecular flexibility index (Phi) is 5.68. The number of alkyl halides is 3. The molecule has 10 heteroatoms. The Bertz CT molecular complexity index is 1080. The van der Waals surface area contributed by atoms with Gasteiger partial charge >= 0.3 is 6.18 Å². The second-order valence-corrected chi connectivity index (χ2v) is 6.67. The van der Waals surface area contributed by atoms with Crippen molar-refractivity contribution in [3.05, 3.63) is 53.3 Å². The number of aromatic nitrogens is 3. The molecule has 30 heavy (non-hydrogen) atoms. The van der Waals surface area contributed by atoms with Gasteiger partial charge in [0.05, 0.1) is 5.56 Å². The van der Waals surface area contributed by atoms with Crippen LogP contribution in [-0.4, -0.2) is 43.6 Å². The lowest BCUT2D eigenvalue weighted by atomic mass is 10.1. The third kappa shape index (κ3) is 4.37. The monoisotopic (exact) mass is 420 g/mol. The first kappa shape index (κ1) is 21.2. The van der Waals surface area contributed by atoms with Crippen molar-refractivity contribution in [2.24, 2.45) is 0 Å². The fourth-order valence-corrected chi connectivity index (χ4v) is 2.89. The molecule has 1 amide bonds. The summed E-state index contributed by atoms with van der Waals surface area (Å²) < 4.78 is 38.8. The second kappa shape index (κ2) is 8.05. The van der Waals surface area contributed by atoms with Crippen LogP contribution in [0.1, 0.15) is 28.7 Å². The zero-order valence-electron chi connectivity index (χ0n) is 16.2. The lowest BCUT2D eigenvalue weighted by molar-refractivity contribution is -0.123. The number of rotatable bonds is 5. The highest BCUT2D eigenvalue weighted by atomic mass is 19.4. The van der Waals surface area contributed by atoms with Crippen LogP contribution in [0.2, 0.25) is 0 Å². The van der Waals surface area contributed by atoms with Crippen LogP contribution >= 0.6 is 0 Å². The number of carbonyl (C=O) groups excluding carboxylic acids is 1. The molecule has 0 aliphatic carbocycles. The van der Waals surface area contributed by atoms with Gasteiger partial charge in [0.2, 0.25) is 5.82 Å². The van der Waals surface area contributed by atoms with Crippen LogP contribution in [0, 0.1) is 6.92 Å². The van der Waals surface area contributed by atoms with Crippen molar-refractivity contribution in [2.75, 3.05) is 6.54 Å². The number of amides is 1. The number of phenolic OH excluding ortho intramolecular Hbond substituents is 2. The first-order chi connectivity index (χ1) is 14.1. The van der Waals surface area contributed by atoms with E-state index >= 15 is 0 Å². The average molecular weight is 420 g/mol. The molecule has 3 N–H and O–H groups in total. The van der Waals surface area contributed by atoms with Gasteiger partial charge in [-0.3, -0.25) is 9.36 Å². The van der Waals surface area contributed by atoms with Gasteiger partial charge in [-0.2, -0.15) is 13.2 Å². The molecule has 0 aliphatic rings. The Balaban J connectivity index is 2.16. The van der Waals surface area contributed by atoms with E-state index in [9.17, 15) is 28.2 Å². The molecule has 2 aromatic carbocycles. The van der Waals surface area contributed by atoms with Gasteiger partial charge in [0.15, 0.2) is 5.82 Å². The molecule has 7 nitrogen and oxygen atoms in total. The van der Waals surface area contributed by atoms with E-state index in [1.165, 1.54) is 10.6 Å². The topological polar surface area (TPSA) is 100 Å². The van der Waals surface area contributed by atoms with E-state index in [-0.39, 0.29) is 28.7 Å².